The summed E-state index contributed by atoms with van der Waals surface area (Å²) in [6.45, 7) is 7.07. The Morgan fingerprint density at radius 3 is 2.47 bits per heavy atom. The molecule has 0 radical (unpaired) electrons. The maximum Gasteiger partial charge on any atom is 0.0942 e. The van der Waals surface area contributed by atoms with Crippen LogP contribution in [0.1, 0.15) is 37.5 Å². The Bertz CT molecular complexity index is 404. The van der Waals surface area contributed by atoms with Crippen molar-refractivity contribution in [1.29, 1.82) is 0 Å². The van der Waals surface area contributed by atoms with Crippen LogP contribution >= 0.6 is 0 Å². The van der Waals surface area contributed by atoms with Crippen molar-refractivity contribution in [3.63, 3.8) is 0 Å². The Labute approximate surface area is 116 Å². The van der Waals surface area contributed by atoms with Crippen LogP contribution < -0.4 is 0 Å². The van der Waals surface area contributed by atoms with Crippen LogP contribution in [0.5, 0.6) is 0 Å². The molecule has 0 bridgehead atoms. The van der Waals surface area contributed by atoms with Crippen LogP contribution in [-0.2, 0) is 4.74 Å². The van der Waals surface area contributed by atoms with Gasteiger partial charge in [-0.1, -0.05) is 29.8 Å². The molecule has 1 aromatic rings. The van der Waals surface area contributed by atoms with Gasteiger partial charge in [-0.2, -0.15) is 0 Å². The standard InChI is InChI=1S/C16H25NO2/c1-11-5-7-14(8-6-11)16(18)12(2)17(4)15-9-10-19-13(15)3/h5-8,12-13,15-16,18H,9-10H2,1-4H3. The average molecular weight is 263 g/mol. The number of rotatable bonds is 4. The van der Waals surface area contributed by atoms with Gasteiger partial charge in [-0.05, 0) is 39.8 Å². The van der Waals surface area contributed by atoms with Gasteiger partial charge in [-0.3, -0.25) is 4.90 Å². The van der Waals surface area contributed by atoms with Crippen molar-refractivity contribution in [3.05, 3.63) is 35.4 Å². The third kappa shape index (κ3) is 3.16. The number of aryl methyl sites for hydroxylation is 1. The summed E-state index contributed by atoms with van der Waals surface area (Å²) in [5.74, 6) is 0. The van der Waals surface area contributed by atoms with E-state index < -0.39 is 6.10 Å². The maximum absolute atomic E-state index is 10.5. The fraction of sp³-hybridized carbons (Fsp3) is 0.625. The molecule has 106 valence electrons. The smallest absolute Gasteiger partial charge is 0.0942 e. The molecule has 1 aliphatic rings. The SMILES string of the molecule is Cc1ccc(C(O)C(C)N(C)C2CCOC2C)cc1. The van der Waals surface area contributed by atoms with Crippen LogP contribution in [0.4, 0.5) is 0 Å². The van der Waals surface area contributed by atoms with Gasteiger partial charge in [0, 0.05) is 18.7 Å². The first kappa shape index (κ1) is 14.5. The first-order valence-electron chi connectivity index (χ1n) is 7.09. The summed E-state index contributed by atoms with van der Waals surface area (Å²) >= 11 is 0. The van der Waals surface area contributed by atoms with Crippen LogP contribution in [0, 0.1) is 6.92 Å². The van der Waals surface area contributed by atoms with E-state index in [9.17, 15) is 5.11 Å². The molecule has 0 spiro atoms. The van der Waals surface area contributed by atoms with Crippen molar-refractivity contribution in [2.24, 2.45) is 0 Å². The zero-order chi connectivity index (χ0) is 14.0. The Morgan fingerprint density at radius 1 is 1.32 bits per heavy atom. The summed E-state index contributed by atoms with van der Waals surface area (Å²) < 4.78 is 5.61. The fourth-order valence-electron chi connectivity index (χ4n) is 2.82. The number of hydrogen-bond donors (Lipinski definition) is 1. The predicted molar refractivity (Wildman–Crippen MR) is 77.2 cm³/mol. The van der Waals surface area contributed by atoms with Gasteiger partial charge in [0.1, 0.15) is 0 Å². The maximum atomic E-state index is 10.5. The molecule has 1 aromatic carbocycles. The Hall–Kier alpha value is -0.900. The van der Waals surface area contributed by atoms with Crippen LogP contribution in [0.15, 0.2) is 24.3 Å². The number of aliphatic hydroxyl groups excluding tert-OH is 1. The molecule has 0 saturated carbocycles. The van der Waals surface area contributed by atoms with Crippen LogP contribution in [0.25, 0.3) is 0 Å². The molecular formula is C16H25NO2. The van der Waals surface area contributed by atoms with Crippen LogP contribution in [0.3, 0.4) is 0 Å². The minimum Gasteiger partial charge on any atom is -0.387 e. The third-order valence-electron chi connectivity index (χ3n) is 4.38. The minimum absolute atomic E-state index is 0.0804. The number of likely N-dealkylation sites (N-methyl/N-ethyl adjacent to an activating group) is 1. The molecule has 1 saturated heterocycles. The van der Waals surface area contributed by atoms with Gasteiger partial charge in [0.15, 0.2) is 0 Å². The second-order valence-corrected chi connectivity index (χ2v) is 5.69. The monoisotopic (exact) mass is 263 g/mol. The second-order valence-electron chi connectivity index (χ2n) is 5.69. The summed E-state index contributed by atoms with van der Waals surface area (Å²) in [6, 6.07) is 8.60. The third-order valence-corrected chi connectivity index (χ3v) is 4.38. The lowest BCUT2D eigenvalue weighted by Crippen LogP contribution is -2.44. The molecule has 0 aliphatic carbocycles. The second kappa shape index (κ2) is 6.04. The first-order chi connectivity index (χ1) is 9.00. The molecule has 3 heteroatoms. The molecule has 0 amide bonds. The van der Waals surface area contributed by atoms with Crippen molar-refractivity contribution >= 4 is 0 Å². The normalized spacial score (nSPS) is 26.6. The highest BCUT2D eigenvalue weighted by Gasteiger charge is 2.32. The van der Waals surface area contributed by atoms with Crippen molar-refractivity contribution in [2.75, 3.05) is 13.7 Å². The number of ether oxygens (including phenoxy) is 1. The molecule has 2 rings (SSSR count). The highest BCUT2D eigenvalue weighted by Crippen LogP contribution is 2.26. The lowest BCUT2D eigenvalue weighted by atomic mass is 9.99. The number of benzene rings is 1. The van der Waals surface area contributed by atoms with E-state index in [0.717, 1.165) is 18.6 Å². The van der Waals surface area contributed by atoms with E-state index in [0.29, 0.717) is 6.04 Å². The quantitative estimate of drug-likeness (QED) is 0.906. The van der Waals surface area contributed by atoms with Gasteiger partial charge in [-0.15, -0.1) is 0 Å². The van der Waals surface area contributed by atoms with Crippen molar-refractivity contribution in [2.45, 2.75) is 51.5 Å². The van der Waals surface area contributed by atoms with Gasteiger partial charge in [0.2, 0.25) is 0 Å². The summed E-state index contributed by atoms with van der Waals surface area (Å²) in [5.41, 5.74) is 2.20. The van der Waals surface area contributed by atoms with Gasteiger partial charge < -0.3 is 9.84 Å². The molecule has 0 aromatic heterocycles. The van der Waals surface area contributed by atoms with E-state index in [1.54, 1.807) is 0 Å². The van der Waals surface area contributed by atoms with E-state index in [-0.39, 0.29) is 12.1 Å². The highest BCUT2D eigenvalue weighted by molar-refractivity contribution is 5.24. The predicted octanol–water partition coefficient (Wildman–Crippen LogP) is 2.53. The molecular weight excluding hydrogens is 238 g/mol. The number of hydrogen-bond acceptors (Lipinski definition) is 3. The minimum atomic E-state index is -0.460. The van der Waals surface area contributed by atoms with E-state index in [2.05, 4.69) is 32.7 Å². The molecule has 1 aliphatic heterocycles. The van der Waals surface area contributed by atoms with Gasteiger partial charge in [-0.25, -0.2) is 0 Å². The lowest BCUT2D eigenvalue weighted by Gasteiger charge is -2.35. The van der Waals surface area contributed by atoms with Gasteiger partial charge in [0.05, 0.1) is 12.2 Å². The molecule has 1 heterocycles. The first-order valence-corrected chi connectivity index (χ1v) is 7.09. The van der Waals surface area contributed by atoms with E-state index in [4.69, 9.17) is 4.74 Å². The zero-order valence-corrected chi connectivity index (χ0v) is 12.3. The Balaban J connectivity index is 2.05. The largest absolute Gasteiger partial charge is 0.387 e. The van der Waals surface area contributed by atoms with E-state index in [1.165, 1.54) is 5.56 Å². The summed E-state index contributed by atoms with van der Waals surface area (Å²) in [4.78, 5) is 2.25. The Kier molecular flexibility index (Phi) is 4.61. The van der Waals surface area contributed by atoms with E-state index in [1.807, 2.05) is 24.3 Å². The van der Waals surface area contributed by atoms with Gasteiger partial charge >= 0.3 is 0 Å². The average Bonchev–Trinajstić information content (AvgIpc) is 2.83. The number of nitrogens with zero attached hydrogens (tertiary/aromatic N) is 1. The van der Waals surface area contributed by atoms with Crippen molar-refractivity contribution in [1.82, 2.24) is 4.90 Å². The summed E-state index contributed by atoms with van der Waals surface area (Å²) in [6.07, 6.45) is 0.832. The van der Waals surface area contributed by atoms with Gasteiger partial charge in [0.25, 0.3) is 0 Å². The molecule has 3 nitrogen and oxygen atoms in total. The van der Waals surface area contributed by atoms with Crippen LogP contribution in [0.2, 0.25) is 0 Å². The molecule has 1 N–H and O–H groups in total. The fourth-order valence-corrected chi connectivity index (χ4v) is 2.82. The summed E-state index contributed by atoms with van der Waals surface area (Å²) in [5, 5.41) is 10.5. The molecule has 4 unspecified atom stereocenters. The van der Waals surface area contributed by atoms with Crippen molar-refractivity contribution < 1.29 is 9.84 Å². The summed E-state index contributed by atoms with van der Waals surface area (Å²) in [7, 11) is 2.08. The Morgan fingerprint density at radius 2 is 1.95 bits per heavy atom. The topological polar surface area (TPSA) is 32.7 Å². The van der Waals surface area contributed by atoms with E-state index >= 15 is 0 Å². The van der Waals surface area contributed by atoms with Crippen LogP contribution in [-0.4, -0.2) is 41.8 Å². The highest BCUT2D eigenvalue weighted by atomic mass is 16.5. The molecule has 1 fully saturated rings. The molecule has 4 atom stereocenters. The number of aliphatic hydroxyl groups is 1. The lowest BCUT2D eigenvalue weighted by molar-refractivity contribution is 0.0218. The zero-order valence-electron chi connectivity index (χ0n) is 12.3. The van der Waals surface area contributed by atoms with Crippen molar-refractivity contribution in [3.8, 4) is 0 Å². The molecule has 19 heavy (non-hydrogen) atoms.